The van der Waals surface area contributed by atoms with E-state index in [0.29, 0.717) is 38.9 Å². The molecule has 8 atom stereocenters. The zero-order chi connectivity index (χ0) is 47.4. The summed E-state index contributed by atoms with van der Waals surface area (Å²) in [5.41, 5.74) is -3.00. The summed E-state index contributed by atoms with van der Waals surface area (Å²) >= 11 is 1.54. The van der Waals surface area contributed by atoms with Crippen molar-refractivity contribution < 1.29 is 47.6 Å². The summed E-state index contributed by atoms with van der Waals surface area (Å²) in [5, 5.41) is 9.53. The van der Waals surface area contributed by atoms with Crippen LogP contribution in [0.15, 0.2) is 11.0 Å². The molecule has 63 heavy (non-hydrogen) atoms. The first-order valence-corrected chi connectivity index (χ1v) is 24.0. The topological polar surface area (TPSA) is 164 Å². The number of esters is 3. The van der Waals surface area contributed by atoms with Gasteiger partial charge in [-0.15, -0.1) is 11.3 Å². The van der Waals surface area contributed by atoms with Crippen molar-refractivity contribution in [3.63, 3.8) is 0 Å². The van der Waals surface area contributed by atoms with E-state index in [1.165, 1.54) is 11.3 Å². The van der Waals surface area contributed by atoms with Crippen molar-refractivity contribution in [3.8, 4) is 0 Å². The molecule has 14 heteroatoms. The fraction of sp³-hybridized carbons (Fsp3) is 0.816. The minimum absolute atomic E-state index is 0.0614. The summed E-state index contributed by atoms with van der Waals surface area (Å²) < 4.78 is 37.4. The highest BCUT2D eigenvalue weighted by Crippen LogP contribution is 2.55. The number of ketones is 1. The van der Waals surface area contributed by atoms with E-state index in [1.54, 1.807) is 13.8 Å². The lowest BCUT2D eigenvalue weighted by atomic mass is 9.75. The Kier molecular flexibility index (Phi) is 17.1. The molecule has 3 fully saturated rings. The summed E-state index contributed by atoms with van der Waals surface area (Å²) in [6.07, 6.45) is 3.46. The molecular weight excluding hydrogens is 823 g/mol. The van der Waals surface area contributed by atoms with Crippen LogP contribution in [0.5, 0.6) is 0 Å². The summed E-state index contributed by atoms with van der Waals surface area (Å²) in [6.45, 7) is 32.3. The van der Waals surface area contributed by atoms with Crippen LogP contribution in [-0.4, -0.2) is 107 Å². The van der Waals surface area contributed by atoms with Gasteiger partial charge in [-0.1, -0.05) is 20.3 Å². The summed E-state index contributed by atoms with van der Waals surface area (Å²) in [5.74, 6) is -2.97. The van der Waals surface area contributed by atoms with Crippen molar-refractivity contribution in [2.24, 2.45) is 17.3 Å². The van der Waals surface area contributed by atoms with Gasteiger partial charge in [0.15, 0.2) is 0 Å². The average molecular weight is 904 g/mol. The Morgan fingerprint density at radius 2 is 1.49 bits per heavy atom. The van der Waals surface area contributed by atoms with E-state index in [4.69, 9.17) is 28.4 Å². The Balaban J connectivity index is 1.66. The van der Waals surface area contributed by atoms with E-state index in [0.717, 1.165) is 29.1 Å². The molecule has 1 aromatic rings. The number of nitrogens with one attached hydrogen (secondary N) is 2. The normalized spacial score (nSPS) is 30.2. The van der Waals surface area contributed by atoms with Gasteiger partial charge < -0.3 is 39.1 Å². The molecule has 0 spiro atoms. The van der Waals surface area contributed by atoms with Crippen LogP contribution in [-0.2, 0) is 47.6 Å². The van der Waals surface area contributed by atoms with Crippen LogP contribution in [0.2, 0.25) is 0 Å². The maximum atomic E-state index is 14.9. The lowest BCUT2D eigenvalue weighted by Crippen LogP contribution is -2.50. The predicted octanol–water partition coefficient (Wildman–Crippen LogP) is 8.48. The molecule has 358 valence electrons. The third kappa shape index (κ3) is 15.1. The SMILES string of the molecule is C/C(=C\c1csc(C)n1)[C@@H]1C[C@@H]2O[C@]2(C)CCC[C@H](C)[C@]2(OC(=O)CNC(C)(C)CCOC(C)(C)C)C[C@](C)(C(=O)[C@@H]2C)[C@@H](OC(=O)CNC(C)(C)CCOC(C)(C)C)CC(=O)O1. The van der Waals surface area contributed by atoms with Gasteiger partial charge in [-0.25, -0.2) is 4.98 Å². The van der Waals surface area contributed by atoms with Crippen LogP contribution in [0.25, 0.3) is 6.08 Å². The lowest BCUT2D eigenvalue weighted by Gasteiger charge is -2.40. The average Bonchev–Trinajstić information content (AvgIpc) is 3.50. The third-order valence-electron chi connectivity index (χ3n) is 13.3. The van der Waals surface area contributed by atoms with Crippen molar-refractivity contribution in [2.45, 2.75) is 214 Å². The Bertz CT molecular complexity index is 1790. The quantitative estimate of drug-likeness (QED) is 0.0924. The van der Waals surface area contributed by atoms with Crippen molar-refractivity contribution in [2.75, 3.05) is 26.3 Å². The van der Waals surface area contributed by atoms with Gasteiger partial charge in [-0.05, 0) is 140 Å². The number of nitrogens with zero attached hydrogens (tertiary/aromatic N) is 1. The van der Waals surface area contributed by atoms with Gasteiger partial charge >= 0.3 is 17.9 Å². The lowest BCUT2D eigenvalue weighted by molar-refractivity contribution is -0.175. The molecular formula is C49H81N3O10S. The number of aromatic nitrogens is 1. The molecule has 0 unspecified atom stereocenters. The Morgan fingerprint density at radius 3 is 2.03 bits per heavy atom. The molecule has 13 nitrogen and oxygen atoms in total. The highest BCUT2D eigenvalue weighted by molar-refractivity contribution is 7.09. The molecule has 4 rings (SSSR count). The van der Waals surface area contributed by atoms with Gasteiger partial charge in [-0.2, -0.15) is 0 Å². The number of fused-ring (bicyclic) bond motifs is 3. The molecule has 0 radical (unpaired) electrons. The number of hydrogen-bond donors (Lipinski definition) is 2. The molecule has 1 saturated carbocycles. The number of Topliss-reactive ketones (excluding diaryl/α,β-unsaturated/α-hetero) is 1. The second-order valence-corrected chi connectivity index (χ2v) is 23.4. The molecule has 1 aromatic heterocycles. The van der Waals surface area contributed by atoms with Crippen molar-refractivity contribution >= 4 is 41.1 Å². The molecule has 2 N–H and O–H groups in total. The number of rotatable bonds is 16. The monoisotopic (exact) mass is 904 g/mol. The van der Waals surface area contributed by atoms with Crippen molar-refractivity contribution in [1.82, 2.24) is 15.6 Å². The van der Waals surface area contributed by atoms with Crippen LogP contribution in [0, 0.1) is 24.2 Å². The third-order valence-corrected chi connectivity index (χ3v) is 14.1. The fourth-order valence-corrected chi connectivity index (χ4v) is 9.53. The zero-order valence-corrected chi connectivity index (χ0v) is 42.3. The zero-order valence-electron chi connectivity index (χ0n) is 41.5. The first-order valence-electron chi connectivity index (χ1n) is 23.1. The van der Waals surface area contributed by atoms with Gasteiger partial charge in [0.2, 0.25) is 0 Å². The van der Waals surface area contributed by atoms with E-state index in [1.807, 2.05) is 101 Å². The van der Waals surface area contributed by atoms with Gasteiger partial charge in [-0.3, -0.25) is 19.2 Å². The molecule has 3 heterocycles. The summed E-state index contributed by atoms with van der Waals surface area (Å²) in [6, 6.07) is 0. The second kappa shape index (κ2) is 20.4. The number of hydrogen-bond acceptors (Lipinski definition) is 14. The molecule has 0 aromatic carbocycles. The molecule has 3 aliphatic rings. The van der Waals surface area contributed by atoms with E-state index in [-0.39, 0.29) is 54.9 Å². The van der Waals surface area contributed by atoms with Gasteiger partial charge in [0.1, 0.15) is 23.6 Å². The maximum Gasteiger partial charge on any atom is 0.320 e. The van der Waals surface area contributed by atoms with Crippen LogP contribution in [0.4, 0.5) is 0 Å². The number of epoxide rings is 1. The van der Waals surface area contributed by atoms with E-state index < -0.39 is 63.7 Å². The summed E-state index contributed by atoms with van der Waals surface area (Å²) in [7, 11) is 0. The first kappa shape index (κ1) is 52.9. The Morgan fingerprint density at radius 1 is 0.921 bits per heavy atom. The van der Waals surface area contributed by atoms with Crippen molar-refractivity contribution in [3.05, 3.63) is 21.7 Å². The minimum Gasteiger partial charge on any atom is -0.460 e. The van der Waals surface area contributed by atoms with Gasteiger partial charge in [0.25, 0.3) is 0 Å². The van der Waals surface area contributed by atoms with Crippen LogP contribution in [0.1, 0.15) is 166 Å². The van der Waals surface area contributed by atoms with Crippen LogP contribution >= 0.6 is 11.3 Å². The maximum absolute atomic E-state index is 14.9. The molecule has 1 aliphatic carbocycles. The molecule has 0 amide bonds. The van der Waals surface area contributed by atoms with Crippen LogP contribution in [0.3, 0.4) is 0 Å². The fourth-order valence-electron chi connectivity index (χ4n) is 8.96. The minimum atomic E-state index is -1.40. The number of aryl methyl sites for hydroxylation is 1. The van der Waals surface area contributed by atoms with Gasteiger partial charge in [0.05, 0.1) is 64.5 Å². The Labute approximate surface area is 382 Å². The van der Waals surface area contributed by atoms with E-state index in [2.05, 4.69) is 22.5 Å². The standard InChI is InChI=1S/C49H81N3O10S/c1-31(24-35-29-63-34(4)52-35)36-25-38-48(16,61-38)19-17-18-32(2)49(62-41(55)28-51-46(13,14)21-23-58-44(8,9)10)30-47(15,42(56)33(49)3)37(26-39(53)59-36)60-40(54)27-50-45(11,12)20-22-57-43(5,6)7/h24,29,32-33,36-38,50-51H,17-23,25-28,30H2,1-16H3/b31-24+/t32-,33-,36-,37-,38-,47-,48+,49+/m0/s1. The van der Waals surface area contributed by atoms with E-state index >= 15 is 0 Å². The first-order chi connectivity index (χ1) is 28.9. The Hall–Kier alpha value is -2.75. The smallest absolute Gasteiger partial charge is 0.320 e. The van der Waals surface area contributed by atoms with E-state index in [9.17, 15) is 19.2 Å². The molecule has 2 bridgehead atoms. The number of carbonyl (C=O) groups excluding carboxylic acids is 4. The number of thiazole rings is 1. The highest BCUT2D eigenvalue weighted by Gasteiger charge is 2.65. The number of cyclic esters (lactones) is 1. The number of ether oxygens (including phenoxy) is 6. The van der Waals surface area contributed by atoms with Gasteiger partial charge in [0, 0.05) is 42.5 Å². The molecule has 2 saturated heterocycles. The van der Waals surface area contributed by atoms with Crippen LogP contribution < -0.4 is 10.6 Å². The highest BCUT2D eigenvalue weighted by atomic mass is 32.1. The second-order valence-electron chi connectivity index (χ2n) is 22.3. The predicted molar refractivity (Wildman–Crippen MR) is 246 cm³/mol. The number of carbonyl (C=O) groups is 4. The van der Waals surface area contributed by atoms with Crippen molar-refractivity contribution in [1.29, 1.82) is 0 Å². The molecule has 2 aliphatic heterocycles. The largest absolute Gasteiger partial charge is 0.460 e. The summed E-state index contributed by atoms with van der Waals surface area (Å²) in [4.78, 5) is 61.7.